The molecule has 2 aromatic carbocycles. The number of hydrogen-bond acceptors (Lipinski definition) is 6. The summed E-state index contributed by atoms with van der Waals surface area (Å²) in [6, 6.07) is 12.0. The highest BCUT2D eigenvalue weighted by Crippen LogP contribution is 2.25. The smallest absolute Gasteiger partial charge is 0.175 e. The minimum Gasteiger partial charge on any atom is -0.492 e. The van der Waals surface area contributed by atoms with Crippen molar-refractivity contribution in [2.24, 2.45) is 0 Å². The Bertz CT molecular complexity index is 1020. The zero-order chi connectivity index (χ0) is 18.7. The van der Waals surface area contributed by atoms with Crippen LogP contribution in [0, 0.1) is 0 Å². The quantitative estimate of drug-likeness (QED) is 0.642. The number of halogens is 1. The van der Waals surface area contributed by atoms with Crippen LogP contribution in [0.25, 0.3) is 10.9 Å². The fourth-order valence-corrected chi connectivity index (χ4v) is 3.27. The standard InChI is InChI=1S/C18H18ClN3O3S/c1-22(9-10-25-14-5-3-13(19)4-6-14)18-16-11-15(26(2,23)24)7-8-17(16)20-12-21-18/h3-8,11-12H,9-10H2,1-2H3. The third-order valence-corrected chi connectivity index (χ3v) is 5.25. The van der Waals surface area contributed by atoms with E-state index in [0.29, 0.717) is 34.9 Å². The Morgan fingerprint density at radius 3 is 2.54 bits per heavy atom. The van der Waals surface area contributed by atoms with Crippen LogP contribution in [0.2, 0.25) is 5.02 Å². The van der Waals surface area contributed by atoms with E-state index in [1.165, 1.54) is 12.6 Å². The molecule has 26 heavy (non-hydrogen) atoms. The number of nitrogens with zero attached hydrogens (tertiary/aromatic N) is 3. The summed E-state index contributed by atoms with van der Waals surface area (Å²) >= 11 is 5.86. The highest BCUT2D eigenvalue weighted by Gasteiger charge is 2.13. The Labute approximate surface area is 157 Å². The average molecular weight is 392 g/mol. The summed E-state index contributed by atoms with van der Waals surface area (Å²) in [7, 11) is -1.43. The molecule has 1 heterocycles. The summed E-state index contributed by atoms with van der Waals surface area (Å²) in [6.45, 7) is 1.01. The summed E-state index contributed by atoms with van der Waals surface area (Å²) < 4.78 is 29.4. The van der Waals surface area contributed by atoms with Crippen LogP contribution in [0.5, 0.6) is 5.75 Å². The molecule has 0 bridgehead atoms. The molecule has 136 valence electrons. The maximum atomic E-state index is 11.8. The predicted octanol–water partition coefficient (Wildman–Crippen LogP) is 3.20. The molecule has 8 heteroatoms. The summed E-state index contributed by atoms with van der Waals surface area (Å²) in [5.74, 6) is 1.38. The van der Waals surface area contributed by atoms with Crippen molar-refractivity contribution in [2.75, 3.05) is 31.4 Å². The lowest BCUT2D eigenvalue weighted by Gasteiger charge is -2.20. The second-order valence-electron chi connectivity index (χ2n) is 5.87. The van der Waals surface area contributed by atoms with Gasteiger partial charge >= 0.3 is 0 Å². The zero-order valence-electron chi connectivity index (χ0n) is 14.4. The summed E-state index contributed by atoms with van der Waals surface area (Å²) in [5.41, 5.74) is 0.688. The van der Waals surface area contributed by atoms with Crippen molar-refractivity contribution in [3.8, 4) is 5.75 Å². The van der Waals surface area contributed by atoms with Gasteiger partial charge in [0.25, 0.3) is 0 Å². The van der Waals surface area contributed by atoms with Crippen molar-refractivity contribution in [1.82, 2.24) is 9.97 Å². The molecular weight excluding hydrogens is 374 g/mol. The first-order valence-corrected chi connectivity index (χ1v) is 10.2. The molecule has 0 saturated carbocycles. The number of anilines is 1. The van der Waals surface area contributed by atoms with Gasteiger partial charge in [-0.25, -0.2) is 18.4 Å². The van der Waals surface area contributed by atoms with Crippen LogP contribution in [0.15, 0.2) is 53.7 Å². The van der Waals surface area contributed by atoms with E-state index < -0.39 is 9.84 Å². The number of rotatable bonds is 6. The first-order valence-electron chi connectivity index (χ1n) is 7.89. The molecule has 3 aromatic rings. The minimum atomic E-state index is -3.30. The summed E-state index contributed by atoms with van der Waals surface area (Å²) in [5, 5.41) is 1.34. The fraction of sp³-hybridized carbons (Fsp3) is 0.222. The monoisotopic (exact) mass is 391 g/mol. The number of fused-ring (bicyclic) bond motifs is 1. The van der Waals surface area contributed by atoms with Gasteiger partial charge in [-0.15, -0.1) is 0 Å². The molecule has 0 aliphatic rings. The molecule has 0 atom stereocenters. The van der Waals surface area contributed by atoms with Crippen molar-refractivity contribution in [1.29, 1.82) is 0 Å². The maximum absolute atomic E-state index is 11.8. The highest BCUT2D eigenvalue weighted by molar-refractivity contribution is 7.90. The van der Waals surface area contributed by atoms with Crippen LogP contribution < -0.4 is 9.64 Å². The molecule has 6 nitrogen and oxygen atoms in total. The molecule has 3 rings (SSSR count). The number of sulfone groups is 1. The Kier molecular flexibility index (Phi) is 5.29. The van der Waals surface area contributed by atoms with E-state index in [-0.39, 0.29) is 4.90 Å². The van der Waals surface area contributed by atoms with E-state index >= 15 is 0 Å². The van der Waals surface area contributed by atoms with Gasteiger partial charge in [-0.1, -0.05) is 11.6 Å². The van der Waals surface area contributed by atoms with Crippen LogP contribution in [0.1, 0.15) is 0 Å². The molecule has 0 spiro atoms. The third-order valence-electron chi connectivity index (χ3n) is 3.88. The van der Waals surface area contributed by atoms with Crippen molar-refractivity contribution in [3.63, 3.8) is 0 Å². The minimum absolute atomic E-state index is 0.242. The molecule has 0 radical (unpaired) electrons. The molecule has 0 fully saturated rings. The van der Waals surface area contributed by atoms with Crippen LogP contribution >= 0.6 is 11.6 Å². The van der Waals surface area contributed by atoms with Gasteiger partial charge < -0.3 is 9.64 Å². The first-order chi connectivity index (χ1) is 12.3. The Hall–Kier alpha value is -2.38. The fourth-order valence-electron chi connectivity index (χ4n) is 2.49. The van der Waals surface area contributed by atoms with Gasteiger partial charge in [-0.05, 0) is 42.5 Å². The van der Waals surface area contributed by atoms with Gasteiger partial charge in [0.05, 0.1) is 17.0 Å². The molecule has 0 N–H and O–H groups in total. The van der Waals surface area contributed by atoms with E-state index in [1.54, 1.807) is 42.5 Å². The first kappa shape index (κ1) is 18.4. The lowest BCUT2D eigenvalue weighted by molar-refractivity contribution is 0.326. The largest absolute Gasteiger partial charge is 0.492 e. The van der Waals surface area contributed by atoms with Crippen molar-refractivity contribution in [2.45, 2.75) is 4.90 Å². The third kappa shape index (κ3) is 4.23. The van der Waals surface area contributed by atoms with E-state index in [4.69, 9.17) is 16.3 Å². The van der Waals surface area contributed by atoms with Crippen LogP contribution in [0.3, 0.4) is 0 Å². The Morgan fingerprint density at radius 2 is 1.85 bits per heavy atom. The molecule has 0 aliphatic carbocycles. The van der Waals surface area contributed by atoms with Gasteiger partial charge in [-0.3, -0.25) is 0 Å². The van der Waals surface area contributed by atoms with Crippen molar-refractivity contribution in [3.05, 3.63) is 53.8 Å². The number of aromatic nitrogens is 2. The number of likely N-dealkylation sites (N-methyl/N-ethyl adjacent to an activating group) is 1. The van der Waals surface area contributed by atoms with Crippen LogP contribution in [-0.4, -0.2) is 44.8 Å². The molecule has 0 saturated heterocycles. The normalized spacial score (nSPS) is 11.5. The molecular formula is C18H18ClN3O3S. The average Bonchev–Trinajstić information content (AvgIpc) is 2.61. The van der Waals surface area contributed by atoms with Crippen molar-refractivity contribution < 1.29 is 13.2 Å². The van der Waals surface area contributed by atoms with Gasteiger partial charge in [0.1, 0.15) is 24.5 Å². The van der Waals surface area contributed by atoms with Crippen LogP contribution in [0.4, 0.5) is 5.82 Å². The predicted molar refractivity (Wildman–Crippen MR) is 103 cm³/mol. The van der Waals surface area contributed by atoms with Crippen LogP contribution in [-0.2, 0) is 9.84 Å². The number of benzene rings is 2. The number of hydrogen-bond donors (Lipinski definition) is 0. The van der Waals surface area contributed by atoms with Crippen molar-refractivity contribution >= 4 is 38.2 Å². The Balaban J connectivity index is 1.78. The number of ether oxygens (including phenoxy) is 1. The SMILES string of the molecule is CN(CCOc1ccc(Cl)cc1)c1ncnc2ccc(S(C)(=O)=O)cc12. The topological polar surface area (TPSA) is 72.4 Å². The summed E-state index contributed by atoms with van der Waals surface area (Å²) in [4.78, 5) is 10.7. The lowest BCUT2D eigenvalue weighted by Crippen LogP contribution is -2.25. The highest BCUT2D eigenvalue weighted by atomic mass is 35.5. The van der Waals surface area contributed by atoms with Gasteiger partial charge in [0, 0.05) is 23.7 Å². The van der Waals surface area contributed by atoms with E-state index in [0.717, 1.165) is 5.75 Å². The second kappa shape index (κ2) is 7.47. The van der Waals surface area contributed by atoms with Gasteiger partial charge in [0.2, 0.25) is 0 Å². The maximum Gasteiger partial charge on any atom is 0.175 e. The van der Waals surface area contributed by atoms with E-state index in [1.807, 2.05) is 11.9 Å². The van der Waals surface area contributed by atoms with Gasteiger partial charge in [0.15, 0.2) is 9.84 Å². The molecule has 0 aliphatic heterocycles. The van der Waals surface area contributed by atoms with E-state index in [9.17, 15) is 8.42 Å². The van der Waals surface area contributed by atoms with E-state index in [2.05, 4.69) is 9.97 Å². The molecule has 0 unspecified atom stereocenters. The molecule has 0 amide bonds. The molecule has 1 aromatic heterocycles. The van der Waals surface area contributed by atoms with Gasteiger partial charge in [-0.2, -0.15) is 0 Å². The second-order valence-corrected chi connectivity index (χ2v) is 8.32. The zero-order valence-corrected chi connectivity index (χ0v) is 16.0. The lowest BCUT2D eigenvalue weighted by atomic mass is 10.2. The summed E-state index contributed by atoms with van der Waals surface area (Å²) in [6.07, 6.45) is 2.65. The Morgan fingerprint density at radius 1 is 1.12 bits per heavy atom.